The summed E-state index contributed by atoms with van der Waals surface area (Å²) in [5.74, 6) is 0.304. The van der Waals surface area contributed by atoms with Crippen LogP contribution in [0.3, 0.4) is 0 Å². The zero-order valence-electron chi connectivity index (χ0n) is 15.0. The molecule has 0 radical (unpaired) electrons. The minimum atomic E-state index is -0.300. The van der Waals surface area contributed by atoms with Crippen molar-refractivity contribution in [1.82, 2.24) is 10.3 Å². The highest BCUT2D eigenvalue weighted by Gasteiger charge is 2.31. The lowest BCUT2D eigenvalue weighted by atomic mass is 10.0. The molecule has 0 spiro atoms. The molecule has 0 unspecified atom stereocenters. The largest absolute Gasteiger partial charge is 0.379 e. The number of aromatic amines is 1. The van der Waals surface area contributed by atoms with Gasteiger partial charge >= 0.3 is 0 Å². The van der Waals surface area contributed by atoms with Gasteiger partial charge < -0.3 is 19.8 Å². The van der Waals surface area contributed by atoms with Crippen molar-refractivity contribution in [3.8, 4) is 0 Å². The fourth-order valence-electron chi connectivity index (χ4n) is 3.61. The third kappa shape index (κ3) is 3.76. The van der Waals surface area contributed by atoms with E-state index in [4.69, 9.17) is 9.47 Å². The van der Waals surface area contributed by atoms with Crippen LogP contribution in [0.4, 0.5) is 4.39 Å². The number of carbonyl (C=O) groups is 1. The van der Waals surface area contributed by atoms with E-state index in [1.165, 1.54) is 18.9 Å². The highest BCUT2D eigenvalue weighted by atomic mass is 19.1. The summed E-state index contributed by atoms with van der Waals surface area (Å²) in [6.45, 7) is 3.79. The van der Waals surface area contributed by atoms with Crippen LogP contribution >= 0.6 is 0 Å². The number of carbonyl (C=O) groups excluding carboxylic acids is 1. The average molecular weight is 360 g/mol. The average Bonchev–Trinajstić information content (AvgIpc) is 3.40. The smallest absolute Gasteiger partial charge is 0.224 e. The lowest BCUT2D eigenvalue weighted by Gasteiger charge is -2.32. The molecule has 4 rings (SSSR count). The Hall–Kier alpha value is -1.92. The Bertz CT molecular complexity index is 800. The predicted octanol–water partition coefficient (Wildman–Crippen LogP) is 2.86. The second-order valence-corrected chi connectivity index (χ2v) is 7.42. The molecule has 5 nitrogen and oxygen atoms in total. The Morgan fingerprint density at radius 2 is 2.23 bits per heavy atom. The topological polar surface area (TPSA) is 63.4 Å². The van der Waals surface area contributed by atoms with Crippen LogP contribution in [0.5, 0.6) is 0 Å². The van der Waals surface area contributed by atoms with Gasteiger partial charge in [0.2, 0.25) is 5.91 Å². The summed E-state index contributed by atoms with van der Waals surface area (Å²) < 4.78 is 25.5. The summed E-state index contributed by atoms with van der Waals surface area (Å²) >= 11 is 0. The van der Waals surface area contributed by atoms with Crippen molar-refractivity contribution in [3.63, 3.8) is 0 Å². The van der Waals surface area contributed by atoms with Gasteiger partial charge in [0, 0.05) is 24.3 Å². The molecule has 26 heavy (non-hydrogen) atoms. The number of nitrogens with one attached hydrogen (secondary N) is 2. The van der Waals surface area contributed by atoms with Gasteiger partial charge in [-0.05, 0) is 43.7 Å². The van der Waals surface area contributed by atoms with E-state index in [1.54, 1.807) is 6.07 Å². The van der Waals surface area contributed by atoms with Gasteiger partial charge in [0.05, 0.1) is 30.7 Å². The number of halogens is 1. The highest BCUT2D eigenvalue weighted by Crippen LogP contribution is 2.30. The Kier molecular flexibility index (Phi) is 4.96. The van der Waals surface area contributed by atoms with E-state index >= 15 is 0 Å². The first-order valence-corrected chi connectivity index (χ1v) is 9.36. The van der Waals surface area contributed by atoms with E-state index in [2.05, 4.69) is 10.3 Å². The summed E-state index contributed by atoms with van der Waals surface area (Å²) in [5, 5.41) is 3.82. The fourth-order valence-corrected chi connectivity index (χ4v) is 3.61. The number of aromatic nitrogens is 1. The molecule has 1 saturated heterocycles. The molecule has 2 N–H and O–H groups in total. The number of rotatable bonds is 6. The van der Waals surface area contributed by atoms with Crippen molar-refractivity contribution in [1.29, 1.82) is 0 Å². The quantitative estimate of drug-likeness (QED) is 0.833. The SMILES string of the molecule is Cc1[nH]c2c(F)cccc2c1CC(=O)N[C@@H]1COCC[C@@H]1OCC1CC1. The third-order valence-electron chi connectivity index (χ3n) is 5.32. The number of para-hydroxylation sites is 1. The Morgan fingerprint density at radius 3 is 3.04 bits per heavy atom. The molecular weight excluding hydrogens is 335 g/mol. The van der Waals surface area contributed by atoms with E-state index in [0.717, 1.165) is 29.7 Å². The second-order valence-electron chi connectivity index (χ2n) is 7.42. The van der Waals surface area contributed by atoms with Crippen molar-refractivity contribution in [2.75, 3.05) is 19.8 Å². The van der Waals surface area contributed by atoms with Crippen molar-refractivity contribution < 1.29 is 18.7 Å². The maximum absolute atomic E-state index is 13.9. The number of ether oxygens (including phenoxy) is 2. The van der Waals surface area contributed by atoms with E-state index < -0.39 is 0 Å². The van der Waals surface area contributed by atoms with Crippen LogP contribution < -0.4 is 5.32 Å². The number of hydrogen-bond acceptors (Lipinski definition) is 3. The molecule has 0 bridgehead atoms. The number of aryl methyl sites for hydroxylation is 1. The lowest BCUT2D eigenvalue weighted by molar-refractivity contribution is -0.125. The molecule has 1 amide bonds. The molecule has 6 heteroatoms. The second kappa shape index (κ2) is 7.37. The summed E-state index contributed by atoms with van der Waals surface area (Å²) in [4.78, 5) is 15.7. The zero-order valence-corrected chi connectivity index (χ0v) is 15.0. The fraction of sp³-hybridized carbons (Fsp3) is 0.550. The van der Waals surface area contributed by atoms with E-state index in [1.807, 2.05) is 13.0 Å². The maximum Gasteiger partial charge on any atom is 0.224 e. The van der Waals surface area contributed by atoms with Crippen molar-refractivity contribution in [2.24, 2.45) is 5.92 Å². The van der Waals surface area contributed by atoms with Crippen LogP contribution in [0.15, 0.2) is 18.2 Å². The van der Waals surface area contributed by atoms with Gasteiger partial charge in [-0.1, -0.05) is 12.1 Å². The van der Waals surface area contributed by atoms with Gasteiger partial charge in [0.25, 0.3) is 0 Å². The van der Waals surface area contributed by atoms with Crippen LogP contribution in [0, 0.1) is 18.7 Å². The van der Waals surface area contributed by atoms with Gasteiger partial charge in [-0.2, -0.15) is 0 Å². The van der Waals surface area contributed by atoms with Gasteiger partial charge in [-0.25, -0.2) is 4.39 Å². The molecular formula is C20H25FN2O3. The predicted molar refractivity (Wildman–Crippen MR) is 96.5 cm³/mol. The lowest BCUT2D eigenvalue weighted by Crippen LogP contribution is -2.51. The van der Waals surface area contributed by atoms with Crippen LogP contribution in [-0.2, 0) is 20.7 Å². The number of amides is 1. The molecule has 1 saturated carbocycles. The minimum absolute atomic E-state index is 0.00908. The van der Waals surface area contributed by atoms with Crippen molar-refractivity contribution >= 4 is 16.8 Å². The zero-order chi connectivity index (χ0) is 18.1. The van der Waals surface area contributed by atoms with Crippen molar-refractivity contribution in [2.45, 2.75) is 44.8 Å². The van der Waals surface area contributed by atoms with Crippen LogP contribution in [-0.4, -0.2) is 42.9 Å². The summed E-state index contributed by atoms with van der Waals surface area (Å²) in [6.07, 6.45) is 3.51. The summed E-state index contributed by atoms with van der Waals surface area (Å²) in [7, 11) is 0. The van der Waals surface area contributed by atoms with Crippen LogP contribution in [0.2, 0.25) is 0 Å². The van der Waals surface area contributed by atoms with Gasteiger partial charge in [0.1, 0.15) is 5.82 Å². The van der Waals surface area contributed by atoms with Crippen molar-refractivity contribution in [3.05, 3.63) is 35.3 Å². The van der Waals surface area contributed by atoms with Crippen LogP contribution in [0.25, 0.3) is 10.9 Å². The molecule has 1 aliphatic carbocycles. The summed E-state index contributed by atoms with van der Waals surface area (Å²) in [5.41, 5.74) is 2.12. The first-order chi connectivity index (χ1) is 12.6. The summed E-state index contributed by atoms with van der Waals surface area (Å²) in [6, 6.07) is 4.81. The number of H-pyrrole nitrogens is 1. The minimum Gasteiger partial charge on any atom is -0.379 e. The standard InChI is InChI=1S/C20H25FN2O3/c1-12-15(14-3-2-4-16(21)20(14)22-12)9-19(24)23-17-11-25-8-7-18(17)26-10-13-5-6-13/h2-4,13,17-18,22H,5-11H2,1H3,(H,23,24)/t17-,18+/m1/s1. The maximum atomic E-state index is 13.9. The van der Waals surface area contributed by atoms with E-state index in [0.29, 0.717) is 24.6 Å². The molecule has 2 heterocycles. The van der Waals surface area contributed by atoms with E-state index in [9.17, 15) is 9.18 Å². The molecule has 1 aliphatic heterocycles. The van der Waals surface area contributed by atoms with Gasteiger partial charge in [0.15, 0.2) is 0 Å². The first-order valence-electron chi connectivity index (χ1n) is 9.36. The Morgan fingerprint density at radius 1 is 1.38 bits per heavy atom. The molecule has 2 atom stereocenters. The third-order valence-corrected chi connectivity index (χ3v) is 5.32. The molecule has 2 aliphatic rings. The molecule has 140 valence electrons. The monoisotopic (exact) mass is 360 g/mol. The number of benzene rings is 1. The van der Waals surface area contributed by atoms with E-state index in [-0.39, 0.29) is 30.3 Å². The van der Waals surface area contributed by atoms with Gasteiger partial charge in [-0.15, -0.1) is 0 Å². The number of fused-ring (bicyclic) bond motifs is 1. The molecule has 1 aromatic heterocycles. The first kappa shape index (κ1) is 17.5. The molecule has 2 fully saturated rings. The van der Waals surface area contributed by atoms with Gasteiger partial charge in [-0.3, -0.25) is 4.79 Å². The normalized spacial score (nSPS) is 23.3. The Labute approximate surface area is 152 Å². The number of hydrogen-bond donors (Lipinski definition) is 2. The highest BCUT2D eigenvalue weighted by molar-refractivity contribution is 5.90. The molecule has 2 aromatic rings. The molecule has 1 aromatic carbocycles. The van der Waals surface area contributed by atoms with Crippen LogP contribution in [0.1, 0.15) is 30.5 Å². The Balaban J connectivity index is 1.42.